The maximum absolute atomic E-state index is 5.93. The maximum atomic E-state index is 5.93. The van der Waals surface area contributed by atoms with Crippen LogP contribution >= 0.6 is 0 Å². The van der Waals surface area contributed by atoms with Crippen molar-refractivity contribution in [1.29, 1.82) is 0 Å². The van der Waals surface area contributed by atoms with Crippen LogP contribution in [0.5, 0.6) is 5.75 Å². The topological polar surface area (TPSA) is 48.1 Å². The smallest absolute Gasteiger partial charge is 0.122 e. The molecule has 0 saturated carbocycles. The Balaban J connectivity index is 2.22. The summed E-state index contributed by atoms with van der Waals surface area (Å²) in [5, 5.41) is 0. The van der Waals surface area contributed by atoms with Gasteiger partial charge in [0.25, 0.3) is 0 Å². The van der Waals surface area contributed by atoms with E-state index < -0.39 is 0 Å². The fourth-order valence-corrected chi connectivity index (χ4v) is 2.20. The second kappa shape index (κ2) is 6.90. The number of aromatic nitrogens is 1. The highest BCUT2D eigenvalue weighted by atomic mass is 16.5. The van der Waals surface area contributed by atoms with Crippen molar-refractivity contribution in [3.63, 3.8) is 0 Å². The molecule has 0 aliphatic heterocycles. The first kappa shape index (κ1) is 13.6. The predicted molar refractivity (Wildman–Crippen MR) is 77.3 cm³/mol. The number of pyridine rings is 1. The zero-order valence-electron chi connectivity index (χ0n) is 11.3. The monoisotopic (exact) mass is 256 g/mol. The van der Waals surface area contributed by atoms with Gasteiger partial charge in [-0.1, -0.05) is 24.3 Å². The van der Waals surface area contributed by atoms with Crippen molar-refractivity contribution >= 4 is 0 Å². The van der Waals surface area contributed by atoms with E-state index in [2.05, 4.69) is 11.1 Å². The lowest BCUT2D eigenvalue weighted by atomic mass is 9.93. The fraction of sp³-hybridized carbons (Fsp3) is 0.312. The quantitative estimate of drug-likeness (QED) is 0.864. The number of nitrogens with two attached hydrogens (primary N) is 1. The van der Waals surface area contributed by atoms with Crippen LogP contribution in [0, 0.1) is 0 Å². The molecule has 2 rings (SSSR count). The molecule has 1 atom stereocenters. The minimum atomic E-state index is 0.234. The first-order valence-electron chi connectivity index (χ1n) is 6.66. The van der Waals surface area contributed by atoms with E-state index in [1.807, 2.05) is 49.5 Å². The van der Waals surface area contributed by atoms with Gasteiger partial charge in [0, 0.05) is 17.8 Å². The Morgan fingerprint density at radius 3 is 2.63 bits per heavy atom. The molecule has 1 unspecified atom stereocenters. The van der Waals surface area contributed by atoms with Crippen molar-refractivity contribution < 1.29 is 4.74 Å². The van der Waals surface area contributed by atoms with Gasteiger partial charge in [-0.25, -0.2) is 0 Å². The van der Waals surface area contributed by atoms with Gasteiger partial charge in [-0.15, -0.1) is 0 Å². The first-order valence-corrected chi connectivity index (χ1v) is 6.66. The summed E-state index contributed by atoms with van der Waals surface area (Å²) in [6.07, 6.45) is 2.65. The highest BCUT2D eigenvalue weighted by Gasteiger charge is 2.15. The molecule has 100 valence electrons. The zero-order chi connectivity index (χ0) is 13.5. The standard InChI is InChI=1S/C16H20N2O/c1-2-19-16-9-4-3-8-15(16)13(12-17)11-14-7-5-6-10-18-14/h3-10,13H,2,11-12,17H2,1H3. The molecule has 3 heteroatoms. The number of hydrogen-bond donors (Lipinski definition) is 1. The maximum Gasteiger partial charge on any atom is 0.122 e. The largest absolute Gasteiger partial charge is 0.494 e. The van der Waals surface area contributed by atoms with Crippen LogP contribution in [0.15, 0.2) is 48.7 Å². The Labute approximate surface area is 114 Å². The molecule has 19 heavy (non-hydrogen) atoms. The Morgan fingerprint density at radius 1 is 1.16 bits per heavy atom. The summed E-state index contributed by atoms with van der Waals surface area (Å²) in [5.41, 5.74) is 8.16. The van der Waals surface area contributed by atoms with Crippen molar-refractivity contribution in [2.45, 2.75) is 19.3 Å². The van der Waals surface area contributed by atoms with E-state index in [1.165, 1.54) is 0 Å². The second-order valence-corrected chi connectivity index (χ2v) is 4.43. The molecule has 0 aliphatic rings. The number of nitrogens with zero attached hydrogens (tertiary/aromatic N) is 1. The number of para-hydroxylation sites is 1. The summed E-state index contributed by atoms with van der Waals surface area (Å²) in [6.45, 7) is 3.24. The average molecular weight is 256 g/mol. The van der Waals surface area contributed by atoms with Crippen LogP contribution in [-0.2, 0) is 6.42 Å². The average Bonchev–Trinajstić information content (AvgIpc) is 2.47. The Morgan fingerprint density at radius 2 is 1.95 bits per heavy atom. The molecule has 0 spiro atoms. The van der Waals surface area contributed by atoms with E-state index in [1.54, 1.807) is 0 Å². The third kappa shape index (κ3) is 3.55. The minimum absolute atomic E-state index is 0.234. The van der Waals surface area contributed by atoms with Gasteiger partial charge >= 0.3 is 0 Å². The van der Waals surface area contributed by atoms with Crippen molar-refractivity contribution in [1.82, 2.24) is 4.98 Å². The van der Waals surface area contributed by atoms with Gasteiger partial charge < -0.3 is 10.5 Å². The predicted octanol–water partition coefficient (Wildman–Crippen LogP) is 2.77. The summed E-state index contributed by atoms with van der Waals surface area (Å²) in [6, 6.07) is 14.1. The molecule has 0 amide bonds. The van der Waals surface area contributed by atoms with Crippen molar-refractivity contribution in [2.75, 3.05) is 13.2 Å². The van der Waals surface area contributed by atoms with Crippen molar-refractivity contribution in [3.8, 4) is 5.75 Å². The Hall–Kier alpha value is -1.87. The molecule has 0 fully saturated rings. The molecular weight excluding hydrogens is 236 g/mol. The van der Waals surface area contributed by atoms with Crippen LogP contribution in [-0.4, -0.2) is 18.1 Å². The molecule has 2 N–H and O–H groups in total. The summed E-state index contributed by atoms with van der Waals surface area (Å²) in [5.74, 6) is 1.16. The molecule has 1 heterocycles. The summed E-state index contributed by atoms with van der Waals surface area (Å²) < 4.78 is 5.68. The van der Waals surface area contributed by atoms with E-state index in [9.17, 15) is 0 Å². The third-order valence-corrected chi connectivity index (χ3v) is 3.12. The molecular formula is C16H20N2O. The van der Waals surface area contributed by atoms with Gasteiger partial charge in [0.2, 0.25) is 0 Å². The van der Waals surface area contributed by atoms with Gasteiger partial charge in [-0.3, -0.25) is 4.98 Å². The highest BCUT2D eigenvalue weighted by molar-refractivity contribution is 5.37. The van der Waals surface area contributed by atoms with E-state index >= 15 is 0 Å². The van der Waals surface area contributed by atoms with Gasteiger partial charge in [0.15, 0.2) is 0 Å². The van der Waals surface area contributed by atoms with Gasteiger partial charge in [-0.05, 0) is 43.7 Å². The summed E-state index contributed by atoms with van der Waals surface area (Å²) >= 11 is 0. The molecule has 0 bridgehead atoms. The number of ether oxygens (including phenoxy) is 1. The zero-order valence-corrected chi connectivity index (χ0v) is 11.3. The van der Waals surface area contributed by atoms with Gasteiger partial charge in [-0.2, -0.15) is 0 Å². The Kier molecular flexibility index (Phi) is 4.93. The normalized spacial score (nSPS) is 12.1. The van der Waals surface area contributed by atoms with Crippen molar-refractivity contribution in [2.24, 2.45) is 5.73 Å². The molecule has 0 saturated heterocycles. The van der Waals surface area contributed by atoms with Gasteiger partial charge in [0.05, 0.1) is 6.61 Å². The molecule has 0 aliphatic carbocycles. The summed E-state index contributed by atoms with van der Waals surface area (Å²) in [7, 11) is 0. The van der Waals surface area contributed by atoms with Crippen molar-refractivity contribution in [3.05, 3.63) is 59.9 Å². The number of benzene rings is 1. The highest BCUT2D eigenvalue weighted by Crippen LogP contribution is 2.28. The summed E-state index contributed by atoms with van der Waals surface area (Å²) in [4.78, 5) is 4.37. The van der Waals surface area contributed by atoms with Gasteiger partial charge in [0.1, 0.15) is 5.75 Å². The Bertz CT molecular complexity index is 499. The first-order chi connectivity index (χ1) is 9.35. The minimum Gasteiger partial charge on any atom is -0.494 e. The second-order valence-electron chi connectivity index (χ2n) is 4.43. The van der Waals surface area contributed by atoms with E-state index in [0.29, 0.717) is 13.2 Å². The molecule has 2 aromatic rings. The number of hydrogen-bond acceptors (Lipinski definition) is 3. The lowest BCUT2D eigenvalue weighted by Gasteiger charge is -2.18. The number of rotatable bonds is 6. The lowest BCUT2D eigenvalue weighted by Crippen LogP contribution is -2.16. The van der Waals surface area contributed by atoms with E-state index in [4.69, 9.17) is 10.5 Å². The van der Waals surface area contributed by atoms with E-state index in [-0.39, 0.29) is 5.92 Å². The molecule has 1 aromatic heterocycles. The SMILES string of the molecule is CCOc1ccccc1C(CN)Cc1ccccn1. The van der Waals surface area contributed by atoms with E-state index in [0.717, 1.165) is 23.4 Å². The van der Waals surface area contributed by atoms with Crippen LogP contribution in [0.3, 0.4) is 0 Å². The molecule has 0 radical (unpaired) electrons. The van der Waals surface area contributed by atoms with Crippen LogP contribution in [0.2, 0.25) is 0 Å². The third-order valence-electron chi connectivity index (χ3n) is 3.12. The molecule has 3 nitrogen and oxygen atoms in total. The lowest BCUT2D eigenvalue weighted by molar-refractivity contribution is 0.334. The van der Waals surface area contributed by atoms with Crippen LogP contribution in [0.25, 0.3) is 0 Å². The fourth-order valence-electron chi connectivity index (χ4n) is 2.20. The van der Waals surface area contributed by atoms with Crippen LogP contribution < -0.4 is 10.5 Å². The van der Waals surface area contributed by atoms with Crippen LogP contribution in [0.4, 0.5) is 0 Å². The van der Waals surface area contributed by atoms with Crippen LogP contribution in [0.1, 0.15) is 24.1 Å². The molecule has 1 aromatic carbocycles.